The van der Waals surface area contributed by atoms with Crippen LogP contribution in [0.3, 0.4) is 0 Å². The number of hydrogen-bond donors (Lipinski definition) is 1. The first-order valence-electron chi connectivity index (χ1n) is 5.46. The third-order valence-corrected chi connectivity index (χ3v) is 2.46. The molecule has 2 atom stereocenters. The number of rotatable bonds is 4. The first-order valence-corrected chi connectivity index (χ1v) is 5.46. The van der Waals surface area contributed by atoms with Gasteiger partial charge in [-0.05, 0) is 31.5 Å². The second kappa shape index (κ2) is 5.65. The van der Waals surface area contributed by atoms with Gasteiger partial charge in [-0.25, -0.2) is 8.78 Å². The fourth-order valence-corrected chi connectivity index (χ4v) is 1.75. The summed E-state index contributed by atoms with van der Waals surface area (Å²) in [6.07, 6.45) is -5.26. The number of hydrogen-bond acceptors (Lipinski definition) is 1. The van der Waals surface area contributed by atoms with Crippen LogP contribution in [0.2, 0.25) is 0 Å². The van der Waals surface area contributed by atoms with Gasteiger partial charge in [-0.1, -0.05) is 0 Å². The number of halogens is 5. The van der Waals surface area contributed by atoms with Crippen LogP contribution in [0.5, 0.6) is 0 Å². The summed E-state index contributed by atoms with van der Waals surface area (Å²) in [6.45, 7) is 2.93. The highest BCUT2D eigenvalue weighted by Gasteiger charge is 2.30. The van der Waals surface area contributed by atoms with E-state index in [1.165, 1.54) is 6.92 Å². The second-order valence-electron chi connectivity index (χ2n) is 4.31. The van der Waals surface area contributed by atoms with E-state index in [4.69, 9.17) is 0 Å². The molecule has 2 unspecified atom stereocenters. The maximum atomic E-state index is 12.9. The highest BCUT2D eigenvalue weighted by molar-refractivity contribution is 5.21. The van der Waals surface area contributed by atoms with Crippen LogP contribution in [0.1, 0.15) is 31.9 Å². The zero-order valence-electron chi connectivity index (χ0n) is 9.98. The molecule has 0 aromatic heterocycles. The fourth-order valence-electron chi connectivity index (χ4n) is 1.75. The summed E-state index contributed by atoms with van der Waals surface area (Å²) < 4.78 is 62.3. The van der Waals surface area contributed by atoms with E-state index in [0.717, 1.165) is 18.2 Å². The van der Waals surface area contributed by atoms with E-state index in [9.17, 15) is 22.0 Å². The fraction of sp³-hybridized carbons (Fsp3) is 0.500. The van der Waals surface area contributed by atoms with E-state index >= 15 is 0 Å². The third-order valence-electron chi connectivity index (χ3n) is 2.46. The van der Waals surface area contributed by atoms with Crippen molar-refractivity contribution in [2.24, 2.45) is 0 Å². The molecule has 0 aliphatic rings. The molecule has 0 amide bonds. The molecule has 0 saturated heterocycles. The van der Waals surface area contributed by atoms with Gasteiger partial charge in [-0.3, -0.25) is 0 Å². The zero-order valence-corrected chi connectivity index (χ0v) is 9.98. The Hall–Kier alpha value is -1.17. The minimum absolute atomic E-state index is 0.279. The van der Waals surface area contributed by atoms with Gasteiger partial charge in [-0.15, -0.1) is 0 Å². The molecule has 0 bridgehead atoms. The molecule has 18 heavy (non-hydrogen) atoms. The van der Waals surface area contributed by atoms with Crippen molar-refractivity contribution in [2.75, 3.05) is 0 Å². The van der Waals surface area contributed by atoms with E-state index < -0.39 is 36.3 Å². The average Bonchev–Trinajstić information content (AvgIpc) is 2.12. The van der Waals surface area contributed by atoms with E-state index in [-0.39, 0.29) is 5.56 Å². The van der Waals surface area contributed by atoms with E-state index in [0.29, 0.717) is 0 Å². The SMILES string of the molecule is CC(CC(F)(F)F)NC(C)c1cc(F)cc(F)c1. The molecular formula is C12H14F5N. The lowest BCUT2D eigenvalue weighted by Gasteiger charge is -2.21. The summed E-state index contributed by atoms with van der Waals surface area (Å²) in [5.74, 6) is -1.50. The summed E-state index contributed by atoms with van der Waals surface area (Å²) in [5, 5.41) is 2.65. The highest BCUT2D eigenvalue weighted by atomic mass is 19.4. The van der Waals surface area contributed by atoms with Crippen LogP contribution in [-0.4, -0.2) is 12.2 Å². The Morgan fingerprint density at radius 3 is 2.00 bits per heavy atom. The lowest BCUT2D eigenvalue weighted by Crippen LogP contribution is -2.33. The van der Waals surface area contributed by atoms with Gasteiger partial charge >= 0.3 is 6.18 Å². The lowest BCUT2D eigenvalue weighted by molar-refractivity contribution is -0.139. The molecule has 1 aromatic rings. The molecule has 102 valence electrons. The Balaban J connectivity index is 2.67. The first-order chi connectivity index (χ1) is 8.17. The predicted molar refractivity (Wildman–Crippen MR) is 58.0 cm³/mol. The molecule has 0 spiro atoms. The van der Waals surface area contributed by atoms with Gasteiger partial charge in [0, 0.05) is 18.2 Å². The van der Waals surface area contributed by atoms with Crippen LogP contribution >= 0.6 is 0 Å². The van der Waals surface area contributed by atoms with Gasteiger partial charge in [0.1, 0.15) is 11.6 Å². The summed E-state index contributed by atoms with van der Waals surface area (Å²) in [7, 11) is 0. The largest absolute Gasteiger partial charge is 0.390 e. The van der Waals surface area contributed by atoms with Gasteiger partial charge in [0.05, 0.1) is 6.42 Å². The zero-order chi connectivity index (χ0) is 13.9. The van der Waals surface area contributed by atoms with Crippen molar-refractivity contribution in [3.05, 3.63) is 35.4 Å². The van der Waals surface area contributed by atoms with E-state index in [2.05, 4.69) is 5.32 Å². The molecule has 1 nitrogen and oxygen atoms in total. The Morgan fingerprint density at radius 2 is 1.56 bits per heavy atom. The molecule has 0 saturated carbocycles. The van der Waals surface area contributed by atoms with Crippen LogP contribution in [0, 0.1) is 11.6 Å². The van der Waals surface area contributed by atoms with Gasteiger partial charge < -0.3 is 5.32 Å². The van der Waals surface area contributed by atoms with Gasteiger partial charge in [0.2, 0.25) is 0 Å². The standard InChI is InChI=1S/C12H14F5N/c1-7(6-12(15,16)17)18-8(2)9-3-10(13)5-11(14)4-9/h3-5,7-8,18H,6H2,1-2H3. The van der Waals surface area contributed by atoms with Crippen LogP contribution in [0.4, 0.5) is 22.0 Å². The van der Waals surface area contributed by atoms with Crippen molar-refractivity contribution in [3.63, 3.8) is 0 Å². The van der Waals surface area contributed by atoms with Gasteiger partial charge in [0.15, 0.2) is 0 Å². The van der Waals surface area contributed by atoms with Crippen LogP contribution in [-0.2, 0) is 0 Å². The number of alkyl halides is 3. The molecule has 1 aromatic carbocycles. The quantitative estimate of drug-likeness (QED) is 0.814. The van der Waals surface area contributed by atoms with Gasteiger partial charge in [-0.2, -0.15) is 13.2 Å². The van der Waals surface area contributed by atoms with Crippen molar-refractivity contribution >= 4 is 0 Å². The molecule has 6 heteroatoms. The van der Waals surface area contributed by atoms with Crippen LogP contribution in [0.25, 0.3) is 0 Å². The molecule has 0 fully saturated rings. The maximum absolute atomic E-state index is 12.9. The number of benzene rings is 1. The highest BCUT2D eigenvalue weighted by Crippen LogP contribution is 2.23. The normalized spacial score (nSPS) is 15.5. The minimum atomic E-state index is -4.26. The van der Waals surface area contributed by atoms with Crippen molar-refractivity contribution in [3.8, 4) is 0 Å². The maximum Gasteiger partial charge on any atom is 0.390 e. The second-order valence-corrected chi connectivity index (χ2v) is 4.31. The summed E-state index contributed by atoms with van der Waals surface area (Å²) in [4.78, 5) is 0. The average molecular weight is 267 g/mol. The molecule has 0 aliphatic carbocycles. The molecule has 0 radical (unpaired) electrons. The summed E-state index contributed by atoms with van der Waals surface area (Å²) >= 11 is 0. The smallest absolute Gasteiger partial charge is 0.307 e. The predicted octanol–water partition coefficient (Wildman–Crippen LogP) is 3.96. The van der Waals surface area contributed by atoms with Crippen molar-refractivity contribution in [1.29, 1.82) is 0 Å². The Labute approximate surface area is 102 Å². The van der Waals surface area contributed by atoms with Gasteiger partial charge in [0.25, 0.3) is 0 Å². The Kier molecular flexibility index (Phi) is 4.67. The van der Waals surface area contributed by atoms with Crippen molar-refractivity contribution < 1.29 is 22.0 Å². The molecular weight excluding hydrogens is 253 g/mol. The number of nitrogens with one attached hydrogen (secondary N) is 1. The first kappa shape index (κ1) is 14.9. The molecule has 0 aliphatic heterocycles. The minimum Gasteiger partial charge on any atom is -0.307 e. The van der Waals surface area contributed by atoms with Crippen molar-refractivity contribution in [1.82, 2.24) is 5.32 Å². The third kappa shape index (κ3) is 5.00. The van der Waals surface area contributed by atoms with Crippen LogP contribution < -0.4 is 5.32 Å². The van der Waals surface area contributed by atoms with Crippen LogP contribution in [0.15, 0.2) is 18.2 Å². The summed E-state index contributed by atoms with van der Waals surface area (Å²) in [6, 6.07) is 1.52. The Morgan fingerprint density at radius 1 is 1.06 bits per heavy atom. The monoisotopic (exact) mass is 267 g/mol. The van der Waals surface area contributed by atoms with E-state index in [1.807, 2.05) is 0 Å². The molecule has 1 rings (SSSR count). The lowest BCUT2D eigenvalue weighted by atomic mass is 10.1. The summed E-state index contributed by atoms with van der Waals surface area (Å²) in [5.41, 5.74) is 0.279. The topological polar surface area (TPSA) is 12.0 Å². The molecule has 0 heterocycles. The van der Waals surface area contributed by atoms with E-state index in [1.54, 1.807) is 6.92 Å². The Bertz CT molecular complexity index is 382. The van der Waals surface area contributed by atoms with Crippen molar-refractivity contribution in [2.45, 2.75) is 38.5 Å². The molecule has 1 N–H and O–H groups in total.